The van der Waals surface area contributed by atoms with Gasteiger partial charge in [0.1, 0.15) is 0 Å². The maximum absolute atomic E-state index is 5.65. The van der Waals surface area contributed by atoms with Crippen LogP contribution in [-0.2, 0) is 0 Å². The average molecular weight is 240 g/mol. The SMILES string of the molecule is ClC1=CCC(I)C=C1. The minimum Gasteiger partial charge on any atom is -0.0847 e. The minimum absolute atomic E-state index is 0.648. The van der Waals surface area contributed by atoms with Crippen LogP contribution in [0.2, 0.25) is 0 Å². The second-order valence-electron chi connectivity index (χ2n) is 1.70. The van der Waals surface area contributed by atoms with E-state index in [0.29, 0.717) is 3.92 Å². The van der Waals surface area contributed by atoms with Crippen molar-refractivity contribution < 1.29 is 0 Å². The maximum atomic E-state index is 5.65. The van der Waals surface area contributed by atoms with Gasteiger partial charge in [0.25, 0.3) is 0 Å². The van der Waals surface area contributed by atoms with E-state index in [4.69, 9.17) is 11.6 Å². The average Bonchev–Trinajstić information content (AvgIpc) is 1.77. The van der Waals surface area contributed by atoms with Crippen molar-refractivity contribution in [1.29, 1.82) is 0 Å². The second kappa shape index (κ2) is 2.87. The highest BCUT2D eigenvalue weighted by atomic mass is 127. The molecule has 0 amide bonds. The smallest absolute Gasteiger partial charge is 0.0363 e. The van der Waals surface area contributed by atoms with Crippen LogP contribution in [0.1, 0.15) is 6.42 Å². The molecule has 1 aliphatic carbocycles. The van der Waals surface area contributed by atoms with Crippen molar-refractivity contribution in [3.8, 4) is 0 Å². The molecule has 1 aliphatic rings. The zero-order valence-corrected chi connectivity index (χ0v) is 7.19. The molecule has 0 aromatic rings. The number of halogens is 2. The standard InChI is InChI=1S/C6H6ClI/c7-5-1-3-6(8)4-2-5/h1-3,6H,4H2. The molecule has 0 saturated heterocycles. The molecule has 0 aromatic carbocycles. The third-order valence-corrected chi connectivity index (χ3v) is 2.21. The molecular formula is C6H6ClI. The van der Waals surface area contributed by atoms with Crippen molar-refractivity contribution in [3.63, 3.8) is 0 Å². The fourth-order valence-corrected chi connectivity index (χ4v) is 1.19. The van der Waals surface area contributed by atoms with E-state index < -0.39 is 0 Å². The van der Waals surface area contributed by atoms with E-state index in [1.54, 1.807) is 0 Å². The van der Waals surface area contributed by atoms with E-state index in [1.165, 1.54) is 0 Å². The largest absolute Gasteiger partial charge is 0.0847 e. The molecule has 1 rings (SSSR count). The molecule has 1 atom stereocenters. The van der Waals surface area contributed by atoms with Crippen LogP contribution in [0.25, 0.3) is 0 Å². The lowest BCUT2D eigenvalue weighted by molar-refractivity contribution is 1.09. The monoisotopic (exact) mass is 240 g/mol. The highest BCUT2D eigenvalue weighted by molar-refractivity contribution is 14.1. The summed E-state index contributed by atoms with van der Waals surface area (Å²) in [6.45, 7) is 0. The van der Waals surface area contributed by atoms with Crippen LogP contribution < -0.4 is 0 Å². The molecule has 8 heavy (non-hydrogen) atoms. The Morgan fingerprint density at radius 3 is 2.88 bits per heavy atom. The van der Waals surface area contributed by atoms with E-state index in [0.717, 1.165) is 11.5 Å². The minimum atomic E-state index is 0.648. The normalized spacial score (nSPS) is 27.8. The summed E-state index contributed by atoms with van der Waals surface area (Å²) in [6.07, 6.45) is 7.18. The van der Waals surface area contributed by atoms with E-state index >= 15 is 0 Å². The van der Waals surface area contributed by atoms with Crippen LogP contribution in [0.5, 0.6) is 0 Å². The summed E-state index contributed by atoms with van der Waals surface area (Å²) in [5.41, 5.74) is 0. The van der Waals surface area contributed by atoms with Crippen molar-refractivity contribution in [2.75, 3.05) is 0 Å². The predicted octanol–water partition coefficient (Wildman–Crippen LogP) is 2.87. The molecule has 0 radical (unpaired) electrons. The Balaban J connectivity index is 2.58. The van der Waals surface area contributed by atoms with Crippen molar-refractivity contribution in [2.45, 2.75) is 10.3 Å². The highest BCUT2D eigenvalue weighted by Gasteiger charge is 2.00. The summed E-state index contributed by atoms with van der Waals surface area (Å²) < 4.78 is 0.648. The number of hydrogen-bond acceptors (Lipinski definition) is 0. The van der Waals surface area contributed by atoms with Crippen molar-refractivity contribution >= 4 is 34.2 Å². The lowest BCUT2D eigenvalue weighted by Crippen LogP contribution is -1.92. The van der Waals surface area contributed by atoms with E-state index in [-0.39, 0.29) is 0 Å². The highest BCUT2D eigenvalue weighted by Crippen LogP contribution is 2.18. The molecule has 0 nitrogen and oxygen atoms in total. The topological polar surface area (TPSA) is 0 Å². The van der Waals surface area contributed by atoms with E-state index in [1.807, 2.05) is 12.2 Å². The van der Waals surface area contributed by atoms with Gasteiger partial charge in [-0.1, -0.05) is 46.3 Å². The molecule has 0 spiro atoms. The first kappa shape index (κ1) is 6.62. The molecule has 0 bridgehead atoms. The lowest BCUT2D eigenvalue weighted by atomic mass is 10.2. The van der Waals surface area contributed by atoms with Gasteiger partial charge >= 0.3 is 0 Å². The Labute approximate surface area is 67.7 Å². The van der Waals surface area contributed by atoms with Gasteiger partial charge in [-0.05, 0) is 12.5 Å². The summed E-state index contributed by atoms with van der Waals surface area (Å²) >= 11 is 8.03. The fourth-order valence-electron chi connectivity index (χ4n) is 0.568. The summed E-state index contributed by atoms with van der Waals surface area (Å²) in [5.74, 6) is 0. The molecule has 44 valence electrons. The summed E-state index contributed by atoms with van der Waals surface area (Å²) in [7, 11) is 0. The molecule has 0 saturated carbocycles. The van der Waals surface area contributed by atoms with Gasteiger partial charge in [-0.2, -0.15) is 0 Å². The molecular weight excluding hydrogens is 234 g/mol. The number of allylic oxidation sites excluding steroid dienone is 4. The first-order chi connectivity index (χ1) is 3.79. The zero-order chi connectivity index (χ0) is 5.98. The van der Waals surface area contributed by atoms with Crippen LogP contribution in [-0.4, -0.2) is 3.92 Å². The zero-order valence-electron chi connectivity index (χ0n) is 4.27. The molecule has 0 aliphatic heterocycles. The van der Waals surface area contributed by atoms with Gasteiger partial charge in [0.2, 0.25) is 0 Å². The van der Waals surface area contributed by atoms with E-state index in [2.05, 4.69) is 28.7 Å². The third kappa shape index (κ3) is 1.78. The van der Waals surface area contributed by atoms with Gasteiger partial charge in [-0.25, -0.2) is 0 Å². The van der Waals surface area contributed by atoms with Crippen LogP contribution in [0, 0.1) is 0 Å². The van der Waals surface area contributed by atoms with Gasteiger partial charge in [0.15, 0.2) is 0 Å². The Morgan fingerprint density at radius 2 is 2.50 bits per heavy atom. The maximum Gasteiger partial charge on any atom is 0.0363 e. The molecule has 2 heteroatoms. The number of alkyl halides is 1. The molecule has 0 aromatic heterocycles. The third-order valence-electron chi connectivity index (χ3n) is 1.00. The Bertz CT molecular complexity index is 137. The van der Waals surface area contributed by atoms with Crippen molar-refractivity contribution in [1.82, 2.24) is 0 Å². The van der Waals surface area contributed by atoms with E-state index in [9.17, 15) is 0 Å². The van der Waals surface area contributed by atoms with Gasteiger partial charge in [0.05, 0.1) is 0 Å². The quantitative estimate of drug-likeness (QED) is 0.451. The van der Waals surface area contributed by atoms with Crippen molar-refractivity contribution in [2.24, 2.45) is 0 Å². The summed E-state index contributed by atoms with van der Waals surface area (Å²) in [6, 6.07) is 0. The fraction of sp³-hybridized carbons (Fsp3) is 0.333. The predicted molar refractivity (Wildman–Crippen MR) is 45.5 cm³/mol. The molecule has 0 heterocycles. The molecule has 0 N–H and O–H groups in total. The van der Waals surface area contributed by atoms with Gasteiger partial charge in [0, 0.05) is 8.96 Å². The second-order valence-corrected chi connectivity index (χ2v) is 3.74. The summed E-state index contributed by atoms with van der Waals surface area (Å²) in [4.78, 5) is 0. The Morgan fingerprint density at radius 1 is 1.75 bits per heavy atom. The number of hydrogen-bond donors (Lipinski definition) is 0. The van der Waals surface area contributed by atoms with Crippen LogP contribution >= 0.6 is 34.2 Å². The van der Waals surface area contributed by atoms with Gasteiger partial charge < -0.3 is 0 Å². The van der Waals surface area contributed by atoms with Crippen LogP contribution in [0.4, 0.5) is 0 Å². The Hall–Kier alpha value is 0.500. The van der Waals surface area contributed by atoms with Gasteiger partial charge in [-0.15, -0.1) is 0 Å². The Kier molecular flexibility index (Phi) is 2.38. The summed E-state index contributed by atoms with van der Waals surface area (Å²) in [5, 5.41) is 0.873. The first-order valence-corrected chi connectivity index (χ1v) is 4.09. The van der Waals surface area contributed by atoms with Crippen molar-refractivity contribution in [3.05, 3.63) is 23.3 Å². The molecule has 0 fully saturated rings. The number of rotatable bonds is 0. The lowest BCUT2D eigenvalue weighted by Gasteiger charge is -2.03. The first-order valence-electron chi connectivity index (χ1n) is 2.47. The van der Waals surface area contributed by atoms with Gasteiger partial charge in [-0.3, -0.25) is 0 Å². The van der Waals surface area contributed by atoms with Crippen LogP contribution in [0.3, 0.4) is 0 Å². The molecule has 1 unspecified atom stereocenters. The van der Waals surface area contributed by atoms with Crippen LogP contribution in [0.15, 0.2) is 23.3 Å².